The van der Waals surface area contributed by atoms with Crippen LogP contribution in [-0.4, -0.2) is 6.54 Å². The highest BCUT2D eigenvalue weighted by molar-refractivity contribution is 5.40. The number of aryl methyl sites for hydroxylation is 2. The molecule has 0 heterocycles. The van der Waals surface area contributed by atoms with Crippen LogP contribution in [0.2, 0.25) is 0 Å². The number of hydrogen-bond acceptors (Lipinski definition) is 2. The SMILES string of the molecule is NCC#Cc1cccc(OCc2ccc3c(c2)CCC3)c1. The molecule has 21 heavy (non-hydrogen) atoms. The lowest BCUT2D eigenvalue weighted by atomic mass is 10.1. The maximum atomic E-state index is 5.87. The molecule has 0 aromatic heterocycles. The summed E-state index contributed by atoms with van der Waals surface area (Å²) >= 11 is 0. The lowest BCUT2D eigenvalue weighted by Gasteiger charge is -2.08. The Bertz CT molecular complexity index is 694. The minimum atomic E-state index is 0.375. The van der Waals surface area contributed by atoms with Crippen LogP contribution in [0.1, 0.15) is 28.7 Å². The average molecular weight is 277 g/mol. The van der Waals surface area contributed by atoms with Crippen molar-refractivity contribution in [2.75, 3.05) is 6.54 Å². The minimum absolute atomic E-state index is 0.375. The first-order valence-corrected chi connectivity index (χ1v) is 7.37. The van der Waals surface area contributed by atoms with Gasteiger partial charge in [-0.3, -0.25) is 0 Å². The predicted octanol–water partition coefficient (Wildman–Crippen LogP) is 3.06. The Labute approximate surface area is 125 Å². The van der Waals surface area contributed by atoms with Crippen molar-refractivity contribution in [3.8, 4) is 17.6 Å². The lowest BCUT2D eigenvalue weighted by Crippen LogP contribution is -1.97. The van der Waals surface area contributed by atoms with E-state index in [2.05, 4.69) is 30.0 Å². The highest BCUT2D eigenvalue weighted by Gasteiger charge is 2.10. The van der Waals surface area contributed by atoms with Crippen LogP contribution in [-0.2, 0) is 19.4 Å². The number of hydrogen-bond donors (Lipinski definition) is 1. The van der Waals surface area contributed by atoms with Gasteiger partial charge in [0.25, 0.3) is 0 Å². The Morgan fingerprint density at radius 1 is 1.05 bits per heavy atom. The summed E-state index contributed by atoms with van der Waals surface area (Å²) in [5, 5.41) is 0. The molecule has 0 saturated carbocycles. The van der Waals surface area contributed by atoms with Crippen molar-refractivity contribution < 1.29 is 4.74 Å². The summed E-state index contributed by atoms with van der Waals surface area (Å²) in [4.78, 5) is 0. The van der Waals surface area contributed by atoms with Crippen LogP contribution < -0.4 is 10.5 Å². The van der Waals surface area contributed by atoms with Crippen LogP contribution in [0.3, 0.4) is 0 Å². The quantitative estimate of drug-likeness (QED) is 0.875. The second-order valence-electron chi connectivity index (χ2n) is 5.28. The van der Waals surface area contributed by atoms with Gasteiger partial charge in [0.1, 0.15) is 12.4 Å². The van der Waals surface area contributed by atoms with Gasteiger partial charge < -0.3 is 10.5 Å². The summed E-state index contributed by atoms with van der Waals surface area (Å²) in [5.74, 6) is 6.72. The largest absolute Gasteiger partial charge is 0.489 e. The van der Waals surface area contributed by atoms with E-state index in [0.29, 0.717) is 13.2 Å². The van der Waals surface area contributed by atoms with E-state index in [-0.39, 0.29) is 0 Å². The molecule has 0 bridgehead atoms. The molecule has 0 fully saturated rings. The molecule has 2 aromatic rings. The van der Waals surface area contributed by atoms with E-state index in [4.69, 9.17) is 10.5 Å². The van der Waals surface area contributed by atoms with E-state index in [0.717, 1.165) is 11.3 Å². The molecule has 0 saturated heterocycles. The van der Waals surface area contributed by atoms with E-state index in [1.54, 1.807) is 0 Å². The van der Waals surface area contributed by atoms with Crippen molar-refractivity contribution in [3.63, 3.8) is 0 Å². The highest BCUT2D eigenvalue weighted by atomic mass is 16.5. The van der Waals surface area contributed by atoms with Crippen LogP contribution in [0.4, 0.5) is 0 Å². The van der Waals surface area contributed by atoms with Crippen molar-refractivity contribution in [1.82, 2.24) is 0 Å². The molecule has 0 aliphatic heterocycles. The fourth-order valence-corrected chi connectivity index (χ4v) is 2.70. The topological polar surface area (TPSA) is 35.2 Å². The third-order valence-corrected chi connectivity index (χ3v) is 3.74. The summed E-state index contributed by atoms with van der Waals surface area (Å²) in [6.45, 7) is 0.973. The third-order valence-electron chi connectivity index (χ3n) is 3.74. The molecule has 1 aliphatic carbocycles. The lowest BCUT2D eigenvalue weighted by molar-refractivity contribution is 0.306. The van der Waals surface area contributed by atoms with Crippen molar-refractivity contribution in [3.05, 3.63) is 64.7 Å². The normalized spacial score (nSPS) is 12.4. The molecule has 0 unspecified atom stereocenters. The first-order valence-electron chi connectivity index (χ1n) is 7.37. The van der Waals surface area contributed by atoms with E-state index in [1.165, 1.54) is 36.0 Å². The van der Waals surface area contributed by atoms with Gasteiger partial charge in [0.05, 0.1) is 6.54 Å². The van der Waals surface area contributed by atoms with Crippen molar-refractivity contribution in [1.29, 1.82) is 0 Å². The number of fused-ring (bicyclic) bond motifs is 1. The molecule has 2 nitrogen and oxygen atoms in total. The van der Waals surface area contributed by atoms with Crippen LogP contribution in [0.25, 0.3) is 0 Å². The standard InChI is InChI=1S/C19H19NO/c20-11-3-5-15-4-1-8-19(13-15)21-14-16-9-10-17-6-2-7-18(17)12-16/h1,4,8-10,12-13H,2,6-7,11,14,20H2. The summed E-state index contributed by atoms with van der Waals surface area (Å²) in [6, 6.07) is 14.5. The first-order chi connectivity index (χ1) is 10.3. The molecule has 1 aliphatic rings. The van der Waals surface area contributed by atoms with Gasteiger partial charge in [-0.2, -0.15) is 0 Å². The Balaban J connectivity index is 1.67. The first kappa shape index (κ1) is 13.7. The summed E-state index contributed by atoms with van der Waals surface area (Å²) in [5.41, 5.74) is 10.5. The molecule has 0 amide bonds. The highest BCUT2D eigenvalue weighted by Crippen LogP contribution is 2.23. The molecular formula is C19H19NO. The molecule has 0 atom stereocenters. The van der Waals surface area contributed by atoms with Gasteiger partial charge in [-0.15, -0.1) is 0 Å². The zero-order chi connectivity index (χ0) is 14.5. The minimum Gasteiger partial charge on any atom is -0.489 e. The monoisotopic (exact) mass is 277 g/mol. The Morgan fingerprint density at radius 2 is 1.95 bits per heavy atom. The van der Waals surface area contributed by atoms with Crippen molar-refractivity contribution in [2.24, 2.45) is 5.73 Å². The summed E-state index contributed by atoms with van der Waals surface area (Å²) < 4.78 is 5.87. The molecule has 2 heteroatoms. The van der Waals surface area contributed by atoms with Gasteiger partial charge in [0.15, 0.2) is 0 Å². The zero-order valence-corrected chi connectivity index (χ0v) is 12.1. The molecular weight excluding hydrogens is 258 g/mol. The van der Waals surface area contributed by atoms with Gasteiger partial charge in [-0.05, 0) is 54.2 Å². The van der Waals surface area contributed by atoms with Crippen LogP contribution in [0.15, 0.2) is 42.5 Å². The number of rotatable bonds is 3. The van der Waals surface area contributed by atoms with Gasteiger partial charge in [-0.25, -0.2) is 0 Å². The number of ether oxygens (including phenoxy) is 1. The van der Waals surface area contributed by atoms with Crippen molar-refractivity contribution >= 4 is 0 Å². The smallest absolute Gasteiger partial charge is 0.121 e. The number of nitrogens with two attached hydrogens (primary N) is 1. The maximum absolute atomic E-state index is 5.87. The summed E-state index contributed by atoms with van der Waals surface area (Å²) in [7, 11) is 0. The van der Waals surface area contributed by atoms with E-state index in [9.17, 15) is 0 Å². The Morgan fingerprint density at radius 3 is 2.86 bits per heavy atom. The van der Waals surface area contributed by atoms with E-state index < -0.39 is 0 Å². The second kappa shape index (κ2) is 6.47. The predicted molar refractivity (Wildman–Crippen MR) is 85.2 cm³/mol. The van der Waals surface area contributed by atoms with Gasteiger partial charge in [-0.1, -0.05) is 36.1 Å². The molecule has 0 spiro atoms. The Hall–Kier alpha value is -2.24. The van der Waals surface area contributed by atoms with Gasteiger partial charge in [0.2, 0.25) is 0 Å². The molecule has 0 radical (unpaired) electrons. The maximum Gasteiger partial charge on any atom is 0.121 e. The van der Waals surface area contributed by atoms with Crippen molar-refractivity contribution in [2.45, 2.75) is 25.9 Å². The number of benzene rings is 2. The molecule has 2 aromatic carbocycles. The van der Waals surface area contributed by atoms with Gasteiger partial charge in [0, 0.05) is 5.56 Å². The second-order valence-corrected chi connectivity index (χ2v) is 5.28. The molecule has 3 rings (SSSR count). The average Bonchev–Trinajstić information content (AvgIpc) is 2.99. The molecule has 2 N–H and O–H groups in total. The van der Waals surface area contributed by atoms with E-state index >= 15 is 0 Å². The third kappa shape index (κ3) is 3.45. The molecule has 106 valence electrons. The van der Waals surface area contributed by atoms with E-state index in [1.807, 2.05) is 24.3 Å². The van der Waals surface area contributed by atoms with Gasteiger partial charge >= 0.3 is 0 Å². The van der Waals surface area contributed by atoms with Crippen LogP contribution in [0.5, 0.6) is 5.75 Å². The fourth-order valence-electron chi connectivity index (χ4n) is 2.70. The Kier molecular flexibility index (Phi) is 4.23. The fraction of sp³-hybridized carbons (Fsp3) is 0.263. The summed E-state index contributed by atoms with van der Waals surface area (Å²) in [6.07, 6.45) is 3.70. The van der Waals surface area contributed by atoms with Crippen LogP contribution in [0, 0.1) is 11.8 Å². The zero-order valence-electron chi connectivity index (χ0n) is 12.1. The van der Waals surface area contributed by atoms with Crippen LogP contribution >= 0.6 is 0 Å².